The Hall–Kier alpha value is -3.36. The molecule has 4 rings (SSSR count). The molecule has 0 bridgehead atoms. The molecule has 4 aromatic rings. The number of hydrogen-bond acceptors (Lipinski definition) is 6. The number of nitrogens with zero attached hydrogens (tertiary/aromatic N) is 2. The van der Waals surface area contributed by atoms with Crippen molar-refractivity contribution in [2.75, 3.05) is 5.32 Å². The first kappa shape index (κ1) is 19.9. The molecule has 6 nitrogen and oxygen atoms in total. The molecule has 1 N–H and O–H groups in total. The van der Waals surface area contributed by atoms with E-state index in [0.717, 1.165) is 36.2 Å². The van der Waals surface area contributed by atoms with E-state index in [2.05, 4.69) is 5.32 Å². The summed E-state index contributed by atoms with van der Waals surface area (Å²) in [5.41, 5.74) is 3.72. The Bertz CT molecular complexity index is 1250. The number of fused-ring (bicyclic) bond motifs is 1. The number of aryl methyl sites for hydroxylation is 1. The highest BCUT2D eigenvalue weighted by Gasteiger charge is 2.19. The molecule has 2 aromatic carbocycles. The van der Waals surface area contributed by atoms with E-state index >= 15 is 0 Å². The van der Waals surface area contributed by atoms with Crippen LogP contribution in [0.2, 0.25) is 0 Å². The van der Waals surface area contributed by atoms with Crippen molar-refractivity contribution in [2.45, 2.75) is 13.8 Å². The van der Waals surface area contributed by atoms with E-state index < -0.39 is 4.92 Å². The molecule has 0 unspecified atom stereocenters. The highest BCUT2D eigenvalue weighted by molar-refractivity contribution is 7.22. The number of hydrogen-bond donors (Lipinski definition) is 1. The minimum absolute atomic E-state index is 0.0154. The van der Waals surface area contributed by atoms with Gasteiger partial charge in [0, 0.05) is 28.6 Å². The summed E-state index contributed by atoms with van der Waals surface area (Å²) in [5, 5.41) is 15.4. The fourth-order valence-corrected chi connectivity index (χ4v) is 5.19. The molecule has 0 saturated carbocycles. The van der Waals surface area contributed by atoms with E-state index in [1.165, 1.54) is 29.5 Å². The monoisotopic (exact) mass is 435 g/mol. The molecule has 2 heterocycles. The number of carbonyl (C=O) groups is 1. The van der Waals surface area contributed by atoms with Gasteiger partial charge in [-0.1, -0.05) is 12.1 Å². The standard InChI is InChI=1S/C22H17N3O3S2/c1-13-14(2)29-22(20(13)21-23-17-5-3-4-6-18(17)30-21)24-19(26)12-9-15-7-10-16(11-8-15)25(27)28/h3-12H,1-2H3,(H,24,26)/b12-9-. The number of nitrogens with one attached hydrogen (secondary N) is 1. The maximum Gasteiger partial charge on any atom is 0.269 e. The second-order valence-corrected chi connectivity index (χ2v) is 8.90. The van der Waals surface area contributed by atoms with Crippen molar-refractivity contribution in [3.63, 3.8) is 0 Å². The van der Waals surface area contributed by atoms with Crippen LogP contribution in [-0.4, -0.2) is 15.8 Å². The van der Waals surface area contributed by atoms with Gasteiger partial charge in [-0.15, -0.1) is 22.7 Å². The van der Waals surface area contributed by atoms with Crippen molar-refractivity contribution < 1.29 is 9.72 Å². The van der Waals surface area contributed by atoms with Crippen LogP contribution < -0.4 is 5.32 Å². The summed E-state index contributed by atoms with van der Waals surface area (Å²) in [6, 6.07) is 14.0. The van der Waals surface area contributed by atoms with E-state index in [0.29, 0.717) is 5.56 Å². The van der Waals surface area contributed by atoms with Crippen LogP contribution in [0, 0.1) is 24.0 Å². The molecular weight excluding hydrogens is 418 g/mol. The van der Waals surface area contributed by atoms with Crippen LogP contribution in [-0.2, 0) is 4.79 Å². The molecule has 0 aliphatic carbocycles. The molecule has 0 spiro atoms. The van der Waals surface area contributed by atoms with Crippen molar-refractivity contribution in [3.8, 4) is 10.6 Å². The average Bonchev–Trinajstić information content (AvgIpc) is 3.27. The number of nitro benzene ring substituents is 1. The van der Waals surface area contributed by atoms with Gasteiger partial charge in [0.1, 0.15) is 10.0 Å². The molecular formula is C22H17N3O3S2. The summed E-state index contributed by atoms with van der Waals surface area (Å²) >= 11 is 3.13. The Morgan fingerprint density at radius 2 is 1.83 bits per heavy atom. The Labute approximate surface area is 180 Å². The van der Waals surface area contributed by atoms with Crippen LogP contribution in [0.1, 0.15) is 16.0 Å². The maximum absolute atomic E-state index is 12.5. The van der Waals surface area contributed by atoms with Crippen molar-refractivity contribution >= 4 is 55.6 Å². The second kappa shape index (κ2) is 8.17. The lowest BCUT2D eigenvalue weighted by Crippen LogP contribution is -2.07. The lowest BCUT2D eigenvalue weighted by molar-refractivity contribution is -0.384. The molecule has 0 aliphatic rings. The Balaban J connectivity index is 1.58. The van der Waals surface area contributed by atoms with Crippen molar-refractivity contribution in [2.24, 2.45) is 0 Å². The third-order valence-corrected chi connectivity index (χ3v) is 6.84. The van der Waals surface area contributed by atoms with Gasteiger partial charge in [-0.25, -0.2) is 4.98 Å². The largest absolute Gasteiger partial charge is 0.313 e. The smallest absolute Gasteiger partial charge is 0.269 e. The molecule has 2 aromatic heterocycles. The quantitative estimate of drug-likeness (QED) is 0.230. The van der Waals surface area contributed by atoms with E-state index in [1.54, 1.807) is 29.5 Å². The van der Waals surface area contributed by atoms with Gasteiger partial charge in [0.05, 0.1) is 15.1 Å². The third-order valence-electron chi connectivity index (χ3n) is 4.66. The lowest BCUT2D eigenvalue weighted by atomic mass is 10.1. The second-order valence-electron chi connectivity index (χ2n) is 6.65. The van der Waals surface area contributed by atoms with E-state index in [1.807, 2.05) is 38.1 Å². The van der Waals surface area contributed by atoms with E-state index in [-0.39, 0.29) is 11.6 Å². The molecule has 0 aliphatic heterocycles. The number of benzene rings is 2. The number of aromatic nitrogens is 1. The highest BCUT2D eigenvalue weighted by atomic mass is 32.1. The van der Waals surface area contributed by atoms with Gasteiger partial charge in [0.25, 0.3) is 5.69 Å². The number of non-ortho nitro benzene ring substituents is 1. The normalized spacial score (nSPS) is 11.3. The minimum Gasteiger partial charge on any atom is -0.313 e. The third kappa shape index (κ3) is 4.00. The minimum atomic E-state index is -0.453. The van der Waals surface area contributed by atoms with Gasteiger partial charge in [-0.2, -0.15) is 0 Å². The first-order valence-corrected chi connectivity index (χ1v) is 10.7. The number of anilines is 1. The number of rotatable bonds is 5. The topological polar surface area (TPSA) is 85.1 Å². The Morgan fingerprint density at radius 1 is 1.10 bits per heavy atom. The zero-order valence-electron chi connectivity index (χ0n) is 16.2. The predicted octanol–water partition coefficient (Wildman–Crippen LogP) is 6.20. The van der Waals surface area contributed by atoms with Crippen LogP contribution in [0.3, 0.4) is 0 Å². The van der Waals surface area contributed by atoms with Crippen LogP contribution in [0.4, 0.5) is 10.7 Å². The molecule has 8 heteroatoms. The number of carbonyl (C=O) groups excluding carboxylic acids is 1. The summed E-state index contributed by atoms with van der Waals surface area (Å²) in [5.74, 6) is -0.267. The predicted molar refractivity (Wildman–Crippen MR) is 123 cm³/mol. The Morgan fingerprint density at radius 3 is 2.53 bits per heavy atom. The maximum atomic E-state index is 12.5. The van der Waals surface area contributed by atoms with Crippen molar-refractivity contribution in [1.82, 2.24) is 4.98 Å². The molecule has 30 heavy (non-hydrogen) atoms. The average molecular weight is 436 g/mol. The van der Waals surface area contributed by atoms with Gasteiger partial charge in [0.2, 0.25) is 5.91 Å². The van der Waals surface area contributed by atoms with E-state index in [9.17, 15) is 14.9 Å². The zero-order chi connectivity index (χ0) is 21.3. The van der Waals surface area contributed by atoms with Gasteiger partial charge in [-0.3, -0.25) is 14.9 Å². The van der Waals surface area contributed by atoms with Crippen molar-refractivity contribution in [1.29, 1.82) is 0 Å². The number of nitro groups is 1. The summed E-state index contributed by atoms with van der Waals surface area (Å²) in [6.07, 6.45) is 3.05. The first-order valence-electron chi connectivity index (χ1n) is 9.12. The van der Waals surface area contributed by atoms with Crippen LogP contribution in [0.25, 0.3) is 26.9 Å². The lowest BCUT2D eigenvalue weighted by Gasteiger charge is -2.03. The van der Waals surface area contributed by atoms with Gasteiger partial charge >= 0.3 is 0 Å². The number of thiazole rings is 1. The number of thiophene rings is 1. The summed E-state index contributed by atoms with van der Waals surface area (Å²) in [6.45, 7) is 4.06. The van der Waals surface area contributed by atoms with Gasteiger partial charge < -0.3 is 5.32 Å². The summed E-state index contributed by atoms with van der Waals surface area (Å²) < 4.78 is 1.10. The molecule has 0 saturated heterocycles. The summed E-state index contributed by atoms with van der Waals surface area (Å²) in [7, 11) is 0. The molecule has 0 atom stereocenters. The van der Waals surface area contributed by atoms with Crippen molar-refractivity contribution in [3.05, 3.63) is 80.7 Å². The van der Waals surface area contributed by atoms with E-state index in [4.69, 9.17) is 4.98 Å². The SMILES string of the molecule is Cc1sc(NC(=O)/C=C\c2ccc([N+](=O)[O-])cc2)c(-c2nc3ccccc3s2)c1C. The number of amides is 1. The van der Waals surface area contributed by atoms with Gasteiger partial charge in [-0.05, 0) is 55.3 Å². The van der Waals surface area contributed by atoms with Crippen LogP contribution in [0.5, 0.6) is 0 Å². The van der Waals surface area contributed by atoms with Gasteiger partial charge in [0.15, 0.2) is 0 Å². The molecule has 1 amide bonds. The first-order chi connectivity index (χ1) is 14.4. The number of para-hydroxylation sites is 1. The van der Waals surface area contributed by atoms with Crippen LogP contribution >= 0.6 is 22.7 Å². The fourth-order valence-electron chi connectivity index (χ4n) is 2.98. The molecule has 0 fully saturated rings. The Kier molecular flexibility index (Phi) is 5.43. The zero-order valence-corrected chi connectivity index (χ0v) is 17.8. The highest BCUT2D eigenvalue weighted by Crippen LogP contribution is 2.43. The molecule has 150 valence electrons. The molecule has 0 radical (unpaired) electrons. The van der Waals surface area contributed by atoms with Crippen LogP contribution in [0.15, 0.2) is 54.6 Å². The fraction of sp³-hybridized carbons (Fsp3) is 0.0909. The summed E-state index contributed by atoms with van der Waals surface area (Å²) in [4.78, 5) is 28.7.